The van der Waals surface area contributed by atoms with Gasteiger partial charge in [0.05, 0.1) is 5.41 Å². The van der Waals surface area contributed by atoms with Gasteiger partial charge in [0.2, 0.25) is 0 Å². The van der Waals surface area contributed by atoms with E-state index in [4.69, 9.17) is 0 Å². The first-order valence-corrected chi connectivity index (χ1v) is 11.1. The second-order valence-electron chi connectivity index (χ2n) is 9.81. The van der Waals surface area contributed by atoms with Crippen LogP contribution in [0, 0.1) is 0 Å². The molecule has 0 N–H and O–H groups in total. The molecule has 1 atom stereocenters. The third kappa shape index (κ3) is 4.80. The fraction of sp³-hybridized carbons (Fsp3) is 0.345. The molecule has 0 heterocycles. The minimum atomic E-state index is -0.755. The highest BCUT2D eigenvalue weighted by molar-refractivity contribution is 6.06. The molecule has 0 bridgehead atoms. The number of carbonyl (C=O) groups is 1. The van der Waals surface area contributed by atoms with Crippen LogP contribution in [0.25, 0.3) is 0 Å². The third-order valence-corrected chi connectivity index (χ3v) is 6.42. The molecule has 0 amide bonds. The van der Waals surface area contributed by atoms with Gasteiger partial charge in [-0.15, -0.1) is 0 Å². The van der Waals surface area contributed by atoms with Gasteiger partial charge in [0.25, 0.3) is 0 Å². The molecule has 2 nitrogen and oxygen atoms in total. The lowest BCUT2D eigenvalue weighted by Crippen LogP contribution is -2.43. The van der Waals surface area contributed by atoms with E-state index in [1.807, 2.05) is 48.5 Å². The lowest BCUT2D eigenvalue weighted by molar-refractivity contribution is 0.0882. The van der Waals surface area contributed by atoms with E-state index in [-0.39, 0.29) is 17.2 Å². The number of carbonyl (C=O) groups excluding carboxylic acids is 1. The van der Waals surface area contributed by atoms with Gasteiger partial charge in [0.15, 0.2) is 5.78 Å². The quantitative estimate of drug-likeness (QED) is 0.412. The van der Waals surface area contributed by atoms with Gasteiger partial charge in [-0.3, -0.25) is 4.79 Å². The first kappa shape index (κ1) is 23.0. The van der Waals surface area contributed by atoms with Gasteiger partial charge in [-0.05, 0) is 49.5 Å². The number of hydrogen-bond donors (Lipinski definition) is 0. The van der Waals surface area contributed by atoms with E-state index in [1.54, 1.807) is 0 Å². The highest BCUT2D eigenvalue weighted by Gasteiger charge is 2.43. The van der Waals surface area contributed by atoms with Crippen molar-refractivity contribution >= 4 is 5.78 Å². The van der Waals surface area contributed by atoms with Crippen LogP contribution in [0.2, 0.25) is 0 Å². The fourth-order valence-electron chi connectivity index (χ4n) is 4.20. The molecule has 162 valence electrons. The molecular formula is C29H35NO. The maximum atomic E-state index is 14.4. The minimum absolute atomic E-state index is 0.0525. The van der Waals surface area contributed by atoms with Crippen molar-refractivity contribution in [3.05, 3.63) is 107 Å². The molecule has 0 saturated heterocycles. The summed E-state index contributed by atoms with van der Waals surface area (Å²) in [5, 5.41) is 0. The Morgan fingerprint density at radius 2 is 1.19 bits per heavy atom. The van der Waals surface area contributed by atoms with Gasteiger partial charge < -0.3 is 4.90 Å². The van der Waals surface area contributed by atoms with Gasteiger partial charge in [-0.1, -0.05) is 106 Å². The second kappa shape index (κ2) is 9.20. The van der Waals surface area contributed by atoms with E-state index >= 15 is 0 Å². The number of nitrogens with zero attached hydrogens (tertiary/aromatic N) is 1. The van der Waals surface area contributed by atoms with Crippen molar-refractivity contribution in [3.8, 4) is 0 Å². The van der Waals surface area contributed by atoms with Crippen molar-refractivity contribution in [2.24, 2.45) is 0 Å². The molecule has 0 aliphatic heterocycles. The van der Waals surface area contributed by atoms with Crippen LogP contribution >= 0.6 is 0 Å². The molecule has 0 fully saturated rings. The van der Waals surface area contributed by atoms with Crippen molar-refractivity contribution in [2.45, 2.75) is 51.0 Å². The minimum Gasteiger partial charge on any atom is -0.307 e. The third-order valence-electron chi connectivity index (χ3n) is 6.42. The predicted molar refractivity (Wildman–Crippen MR) is 131 cm³/mol. The summed E-state index contributed by atoms with van der Waals surface area (Å²) in [6.07, 6.45) is 0.702. The molecule has 31 heavy (non-hydrogen) atoms. The molecule has 3 aromatic rings. The molecule has 0 aromatic heterocycles. The summed E-state index contributed by atoms with van der Waals surface area (Å²) in [6.45, 7) is 8.78. The van der Waals surface area contributed by atoms with Crippen LogP contribution in [0.15, 0.2) is 84.9 Å². The highest BCUT2D eigenvalue weighted by Crippen LogP contribution is 2.41. The molecule has 0 spiro atoms. The van der Waals surface area contributed by atoms with Gasteiger partial charge in [0, 0.05) is 11.6 Å². The predicted octanol–water partition coefficient (Wildman–Crippen LogP) is 6.49. The Hall–Kier alpha value is -2.71. The SMILES string of the molecule is C[C@@H](CC(C(=O)c1ccc(C(C)(C)C)cc1)(c1ccccc1)c1ccccc1)N(C)C. The Kier molecular flexibility index (Phi) is 6.81. The fourth-order valence-corrected chi connectivity index (χ4v) is 4.20. The van der Waals surface area contributed by atoms with Crippen LogP contribution in [0.1, 0.15) is 61.2 Å². The maximum Gasteiger partial charge on any atom is 0.177 e. The Morgan fingerprint density at radius 3 is 1.58 bits per heavy atom. The number of hydrogen-bond acceptors (Lipinski definition) is 2. The van der Waals surface area contributed by atoms with Gasteiger partial charge in [-0.2, -0.15) is 0 Å². The van der Waals surface area contributed by atoms with Gasteiger partial charge in [0.1, 0.15) is 0 Å². The van der Waals surface area contributed by atoms with Gasteiger partial charge >= 0.3 is 0 Å². The van der Waals surface area contributed by atoms with Crippen molar-refractivity contribution in [1.82, 2.24) is 4.90 Å². The lowest BCUT2D eigenvalue weighted by atomic mass is 9.66. The van der Waals surface area contributed by atoms with Crippen molar-refractivity contribution in [2.75, 3.05) is 14.1 Å². The van der Waals surface area contributed by atoms with E-state index in [0.717, 1.165) is 16.7 Å². The standard InChI is InChI=1S/C29H35NO/c1-22(30(5)6)21-29(25-13-9-7-10-14-25,26-15-11-8-12-16-26)27(31)23-17-19-24(20-18-23)28(2,3)4/h7-20,22H,21H2,1-6H3/t22-/m0/s1. The monoisotopic (exact) mass is 413 g/mol. The van der Waals surface area contributed by atoms with E-state index in [0.29, 0.717) is 6.42 Å². The topological polar surface area (TPSA) is 20.3 Å². The Morgan fingerprint density at radius 1 is 0.742 bits per heavy atom. The number of Topliss-reactive ketones (excluding diaryl/α,β-unsaturated/α-hetero) is 1. The summed E-state index contributed by atoms with van der Waals surface area (Å²) < 4.78 is 0. The van der Waals surface area contributed by atoms with E-state index in [9.17, 15) is 4.79 Å². The summed E-state index contributed by atoms with van der Waals surface area (Å²) in [6, 6.07) is 29.0. The van der Waals surface area contributed by atoms with Crippen LogP contribution in [-0.4, -0.2) is 30.8 Å². The smallest absolute Gasteiger partial charge is 0.177 e. The molecular weight excluding hydrogens is 378 g/mol. The normalized spacial score (nSPS) is 13.3. The van der Waals surface area contributed by atoms with Gasteiger partial charge in [-0.25, -0.2) is 0 Å². The molecule has 0 radical (unpaired) electrons. The molecule has 0 aliphatic rings. The summed E-state index contributed by atoms with van der Waals surface area (Å²) in [5.41, 5.74) is 3.37. The van der Waals surface area contributed by atoms with Crippen LogP contribution in [0.5, 0.6) is 0 Å². The Labute approximate surface area is 187 Å². The molecule has 3 rings (SSSR count). The Balaban J connectivity index is 2.22. The maximum absolute atomic E-state index is 14.4. The zero-order valence-electron chi connectivity index (χ0n) is 19.7. The second-order valence-corrected chi connectivity index (χ2v) is 9.81. The summed E-state index contributed by atoms with van der Waals surface area (Å²) >= 11 is 0. The number of rotatable bonds is 7. The van der Waals surface area contributed by atoms with Crippen molar-refractivity contribution in [3.63, 3.8) is 0 Å². The number of ketones is 1. The van der Waals surface area contributed by atoms with Crippen LogP contribution in [0.4, 0.5) is 0 Å². The lowest BCUT2D eigenvalue weighted by Gasteiger charge is -2.38. The van der Waals surface area contributed by atoms with Crippen LogP contribution in [-0.2, 0) is 10.8 Å². The van der Waals surface area contributed by atoms with Crippen molar-refractivity contribution in [1.29, 1.82) is 0 Å². The van der Waals surface area contributed by atoms with E-state index in [1.165, 1.54) is 5.56 Å². The average Bonchev–Trinajstić information content (AvgIpc) is 2.77. The van der Waals surface area contributed by atoms with Crippen LogP contribution in [0.3, 0.4) is 0 Å². The summed E-state index contributed by atoms with van der Waals surface area (Å²) in [5.74, 6) is 0.152. The molecule has 0 saturated carbocycles. The number of benzene rings is 3. The Bertz CT molecular complexity index is 943. The van der Waals surface area contributed by atoms with E-state index < -0.39 is 5.41 Å². The molecule has 3 aromatic carbocycles. The molecule has 2 heteroatoms. The highest BCUT2D eigenvalue weighted by atomic mass is 16.1. The zero-order chi connectivity index (χ0) is 22.6. The largest absolute Gasteiger partial charge is 0.307 e. The molecule has 0 aliphatic carbocycles. The zero-order valence-corrected chi connectivity index (χ0v) is 19.7. The first-order valence-electron chi connectivity index (χ1n) is 11.1. The first-order chi connectivity index (χ1) is 14.7. The van der Waals surface area contributed by atoms with Crippen molar-refractivity contribution < 1.29 is 4.79 Å². The average molecular weight is 414 g/mol. The molecule has 0 unspecified atom stereocenters. The van der Waals surface area contributed by atoms with Crippen LogP contribution < -0.4 is 0 Å². The summed E-state index contributed by atoms with van der Waals surface area (Å²) in [4.78, 5) is 16.6. The summed E-state index contributed by atoms with van der Waals surface area (Å²) in [7, 11) is 4.15. The van der Waals surface area contributed by atoms with E-state index in [2.05, 4.69) is 83.1 Å².